The number of nitrogens with one attached hydrogen (secondary N) is 3. The minimum absolute atomic E-state index is 0.104. The van der Waals surface area contributed by atoms with E-state index in [0.29, 0.717) is 25.2 Å². The number of amides is 2. The second-order valence-corrected chi connectivity index (χ2v) is 5.11. The van der Waals surface area contributed by atoms with Crippen LogP contribution in [0.2, 0.25) is 0 Å². The number of fused-ring (bicyclic) bond motifs is 1. The summed E-state index contributed by atoms with van der Waals surface area (Å²) in [5, 5.41) is 6.76. The van der Waals surface area contributed by atoms with Gasteiger partial charge in [0, 0.05) is 49.3 Å². The van der Waals surface area contributed by atoms with Crippen LogP contribution in [0.3, 0.4) is 0 Å². The topological polar surface area (TPSA) is 77.2 Å². The Morgan fingerprint density at radius 1 is 1.33 bits per heavy atom. The van der Waals surface area contributed by atoms with E-state index in [1.165, 1.54) is 0 Å². The number of carbonyl (C=O) groups excluding carboxylic acids is 2. The molecule has 0 aliphatic carbocycles. The number of carbonyl (C=O) groups is 2. The van der Waals surface area contributed by atoms with Crippen molar-refractivity contribution < 1.29 is 9.59 Å². The molecule has 0 saturated carbocycles. The largest absolute Gasteiger partial charge is 0.361 e. The highest BCUT2D eigenvalue weighted by atomic mass is 16.2. The SMILES string of the molecule is CNC(=O)C1CNCCN1C(=O)c1ccc2[nH]ccc2c1. The van der Waals surface area contributed by atoms with Crippen LogP contribution in [0.15, 0.2) is 30.5 Å². The van der Waals surface area contributed by atoms with Crippen molar-refractivity contribution >= 4 is 22.7 Å². The van der Waals surface area contributed by atoms with Gasteiger partial charge in [-0.15, -0.1) is 0 Å². The summed E-state index contributed by atoms with van der Waals surface area (Å²) < 4.78 is 0. The molecule has 1 saturated heterocycles. The van der Waals surface area contributed by atoms with Crippen molar-refractivity contribution in [3.05, 3.63) is 36.0 Å². The van der Waals surface area contributed by atoms with E-state index in [1.54, 1.807) is 18.0 Å². The molecule has 21 heavy (non-hydrogen) atoms. The number of hydrogen-bond donors (Lipinski definition) is 3. The molecule has 3 N–H and O–H groups in total. The van der Waals surface area contributed by atoms with Crippen LogP contribution in [0.25, 0.3) is 10.9 Å². The number of aromatic nitrogens is 1. The smallest absolute Gasteiger partial charge is 0.254 e. The molecule has 1 fully saturated rings. The average Bonchev–Trinajstić information content (AvgIpc) is 3.01. The Labute approximate surface area is 122 Å². The summed E-state index contributed by atoms with van der Waals surface area (Å²) in [6.45, 7) is 1.71. The zero-order valence-corrected chi connectivity index (χ0v) is 11.8. The molecule has 1 aliphatic rings. The molecule has 6 nitrogen and oxygen atoms in total. The van der Waals surface area contributed by atoms with Gasteiger partial charge < -0.3 is 20.5 Å². The molecule has 2 aromatic rings. The summed E-state index contributed by atoms with van der Waals surface area (Å²) in [6.07, 6.45) is 1.84. The molecular weight excluding hydrogens is 268 g/mol. The lowest BCUT2D eigenvalue weighted by Gasteiger charge is -2.35. The van der Waals surface area contributed by atoms with Gasteiger partial charge >= 0.3 is 0 Å². The lowest BCUT2D eigenvalue weighted by molar-refractivity contribution is -0.125. The molecule has 0 bridgehead atoms. The Hall–Kier alpha value is -2.34. The lowest BCUT2D eigenvalue weighted by atomic mass is 10.1. The van der Waals surface area contributed by atoms with E-state index < -0.39 is 6.04 Å². The predicted molar refractivity (Wildman–Crippen MR) is 80.1 cm³/mol. The maximum Gasteiger partial charge on any atom is 0.254 e. The summed E-state index contributed by atoms with van der Waals surface area (Å²) in [5.74, 6) is -0.244. The van der Waals surface area contributed by atoms with Crippen LogP contribution in [-0.4, -0.2) is 54.4 Å². The maximum absolute atomic E-state index is 12.7. The van der Waals surface area contributed by atoms with Gasteiger partial charge in [-0.2, -0.15) is 0 Å². The van der Waals surface area contributed by atoms with Crippen molar-refractivity contribution in [3.63, 3.8) is 0 Å². The fraction of sp³-hybridized carbons (Fsp3) is 0.333. The number of piperazine rings is 1. The van der Waals surface area contributed by atoms with Gasteiger partial charge in [0.05, 0.1) is 0 Å². The maximum atomic E-state index is 12.7. The summed E-state index contributed by atoms with van der Waals surface area (Å²) in [6, 6.07) is 7.01. The minimum atomic E-state index is -0.460. The molecule has 1 aromatic carbocycles. The van der Waals surface area contributed by atoms with Crippen LogP contribution < -0.4 is 10.6 Å². The molecule has 6 heteroatoms. The fourth-order valence-corrected chi connectivity index (χ4v) is 2.70. The average molecular weight is 286 g/mol. The molecule has 3 rings (SSSR count). The molecular formula is C15H18N4O2. The minimum Gasteiger partial charge on any atom is -0.361 e. The number of benzene rings is 1. The van der Waals surface area contributed by atoms with Crippen molar-refractivity contribution in [1.29, 1.82) is 0 Å². The van der Waals surface area contributed by atoms with E-state index >= 15 is 0 Å². The molecule has 2 heterocycles. The number of nitrogens with zero attached hydrogens (tertiary/aromatic N) is 1. The summed E-state index contributed by atoms with van der Waals surface area (Å²) in [5.41, 5.74) is 1.60. The van der Waals surface area contributed by atoms with Crippen LogP contribution in [0.4, 0.5) is 0 Å². The van der Waals surface area contributed by atoms with Gasteiger partial charge in [-0.3, -0.25) is 9.59 Å². The Balaban J connectivity index is 1.89. The van der Waals surface area contributed by atoms with Crippen molar-refractivity contribution in [1.82, 2.24) is 20.5 Å². The van der Waals surface area contributed by atoms with Crippen molar-refractivity contribution in [2.45, 2.75) is 6.04 Å². The van der Waals surface area contributed by atoms with Crippen LogP contribution >= 0.6 is 0 Å². The number of H-pyrrole nitrogens is 1. The Morgan fingerprint density at radius 3 is 3.00 bits per heavy atom. The number of aromatic amines is 1. The van der Waals surface area contributed by atoms with Crippen LogP contribution in [0, 0.1) is 0 Å². The van der Waals surface area contributed by atoms with E-state index in [4.69, 9.17) is 0 Å². The molecule has 0 radical (unpaired) electrons. The highest BCUT2D eigenvalue weighted by Crippen LogP contribution is 2.17. The molecule has 1 atom stereocenters. The Bertz CT molecular complexity index is 679. The number of rotatable bonds is 2. The van der Waals surface area contributed by atoms with E-state index in [9.17, 15) is 9.59 Å². The van der Waals surface area contributed by atoms with Gasteiger partial charge in [0.2, 0.25) is 5.91 Å². The zero-order valence-electron chi connectivity index (χ0n) is 11.8. The molecule has 1 aliphatic heterocycles. The Kier molecular flexibility index (Phi) is 3.62. The first kappa shape index (κ1) is 13.6. The highest BCUT2D eigenvalue weighted by Gasteiger charge is 2.32. The quantitative estimate of drug-likeness (QED) is 0.744. The fourth-order valence-electron chi connectivity index (χ4n) is 2.70. The van der Waals surface area contributed by atoms with Gasteiger partial charge in [-0.25, -0.2) is 0 Å². The lowest BCUT2D eigenvalue weighted by Crippen LogP contribution is -2.59. The van der Waals surface area contributed by atoms with E-state index in [2.05, 4.69) is 15.6 Å². The van der Waals surface area contributed by atoms with Gasteiger partial charge in [0.15, 0.2) is 0 Å². The second kappa shape index (κ2) is 5.57. The third-order valence-corrected chi connectivity index (χ3v) is 3.85. The first-order valence-corrected chi connectivity index (χ1v) is 7.01. The monoisotopic (exact) mass is 286 g/mol. The van der Waals surface area contributed by atoms with Crippen LogP contribution in [0.5, 0.6) is 0 Å². The first-order chi connectivity index (χ1) is 10.2. The molecule has 1 unspecified atom stereocenters. The second-order valence-electron chi connectivity index (χ2n) is 5.11. The van der Waals surface area contributed by atoms with Crippen molar-refractivity contribution in [2.24, 2.45) is 0 Å². The molecule has 110 valence electrons. The van der Waals surface area contributed by atoms with Crippen LogP contribution in [-0.2, 0) is 4.79 Å². The van der Waals surface area contributed by atoms with E-state index in [-0.39, 0.29) is 11.8 Å². The number of hydrogen-bond acceptors (Lipinski definition) is 3. The molecule has 1 aromatic heterocycles. The predicted octanol–water partition coefficient (Wildman–Crippen LogP) is 0.328. The van der Waals surface area contributed by atoms with Gasteiger partial charge in [-0.05, 0) is 24.3 Å². The summed E-state index contributed by atoms with van der Waals surface area (Å²) in [7, 11) is 1.59. The van der Waals surface area contributed by atoms with E-state index in [0.717, 1.165) is 10.9 Å². The van der Waals surface area contributed by atoms with E-state index in [1.807, 2.05) is 24.4 Å². The first-order valence-electron chi connectivity index (χ1n) is 7.01. The third kappa shape index (κ3) is 2.50. The normalized spacial score (nSPS) is 18.7. The third-order valence-electron chi connectivity index (χ3n) is 3.85. The van der Waals surface area contributed by atoms with Crippen molar-refractivity contribution in [2.75, 3.05) is 26.7 Å². The van der Waals surface area contributed by atoms with Crippen LogP contribution in [0.1, 0.15) is 10.4 Å². The Morgan fingerprint density at radius 2 is 2.19 bits per heavy atom. The van der Waals surface area contributed by atoms with Gasteiger partial charge in [0.1, 0.15) is 6.04 Å². The van der Waals surface area contributed by atoms with Crippen molar-refractivity contribution in [3.8, 4) is 0 Å². The summed E-state index contributed by atoms with van der Waals surface area (Å²) in [4.78, 5) is 29.4. The molecule has 2 amide bonds. The molecule has 0 spiro atoms. The summed E-state index contributed by atoms with van der Waals surface area (Å²) >= 11 is 0. The van der Waals surface area contributed by atoms with Gasteiger partial charge in [-0.1, -0.05) is 0 Å². The standard InChI is InChI=1S/C15H18N4O2/c1-16-14(20)13-9-17-6-7-19(13)15(21)11-2-3-12-10(8-11)4-5-18-12/h2-5,8,13,17-18H,6-7,9H2,1H3,(H,16,20). The number of likely N-dealkylation sites (N-methyl/N-ethyl adjacent to an activating group) is 1. The van der Waals surface area contributed by atoms with Gasteiger partial charge in [0.25, 0.3) is 5.91 Å². The zero-order chi connectivity index (χ0) is 14.8. The highest BCUT2D eigenvalue weighted by molar-refractivity contribution is 6.00.